The molecule has 0 bridgehead atoms. The summed E-state index contributed by atoms with van der Waals surface area (Å²) in [6.45, 7) is 6.98. The first-order valence-corrected chi connectivity index (χ1v) is 7.39. The standard InChI is InChI=1S/C16H23NO4/c1-4-19-13-7-6-12(10-14(13)20-5-2)16(18)15-11-17(3)8-9-21-15/h6-7,10,15H,4-5,8-9,11H2,1-3H3. The van der Waals surface area contributed by atoms with Crippen LogP contribution in [0.2, 0.25) is 0 Å². The third-order valence-corrected chi connectivity index (χ3v) is 3.39. The first-order chi connectivity index (χ1) is 10.2. The van der Waals surface area contributed by atoms with Gasteiger partial charge >= 0.3 is 0 Å². The second-order valence-electron chi connectivity index (χ2n) is 5.01. The molecule has 1 aromatic carbocycles. The van der Waals surface area contributed by atoms with Crippen LogP contribution in [0.3, 0.4) is 0 Å². The largest absolute Gasteiger partial charge is 0.490 e. The third kappa shape index (κ3) is 3.95. The summed E-state index contributed by atoms with van der Waals surface area (Å²) in [7, 11) is 1.99. The van der Waals surface area contributed by atoms with Crippen molar-refractivity contribution in [2.24, 2.45) is 0 Å². The van der Waals surface area contributed by atoms with E-state index in [-0.39, 0.29) is 5.78 Å². The van der Waals surface area contributed by atoms with Gasteiger partial charge in [-0.05, 0) is 39.1 Å². The van der Waals surface area contributed by atoms with Crippen LogP contribution in [0.5, 0.6) is 11.5 Å². The number of ether oxygens (including phenoxy) is 3. The molecular weight excluding hydrogens is 270 g/mol. The number of hydrogen-bond donors (Lipinski definition) is 0. The van der Waals surface area contributed by atoms with Crippen LogP contribution in [-0.2, 0) is 4.74 Å². The number of carbonyl (C=O) groups is 1. The predicted molar refractivity (Wildman–Crippen MR) is 80.3 cm³/mol. The number of morpholine rings is 1. The first-order valence-electron chi connectivity index (χ1n) is 7.39. The van der Waals surface area contributed by atoms with E-state index < -0.39 is 6.10 Å². The van der Waals surface area contributed by atoms with Crippen molar-refractivity contribution in [3.63, 3.8) is 0 Å². The number of carbonyl (C=O) groups excluding carboxylic acids is 1. The molecule has 0 aliphatic carbocycles. The minimum atomic E-state index is -0.406. The highest BCUT2D eigenvalue weighted by atomic mass is 16.5. The van der Waals surface area contributed by atoms with Crippen molar-refractivity contribution in [3.8, 4) is 11.5 Å². The van der Waals surface area contributed by atoms with Gasteiger partial charge in [-0.2, -0.15) is 0 Å². The minimum Gasteiger partial charge on any atom is -0.490 e. The van der Waals surface area contributed by atoms with Crippen LogP contribution in [0, 0.1) is 0 Å². The molecule has 1 aromatic rings. The van der Waals surface area contributed by atoms with Gasteiger partial charge in [0.1, 0.15) is 6.10 Å². The number of ketones is 1. The summed E-state index contributed by atoms with van der Waals surface area (Å²) in [6.07, 6.45) is -0.406. The Morgan fingerprint density at radius 2 is 2.00 bits per heavy atom. The molecule has 1 atom stereocenters. The van der Waals surface area contributed by atoms with Gasteiger partial charge in [-0.25, -0.2) is 0 Å². The zero-order valence-corrected chi connectivity index (χ0v) is 12.9. The number of benzene rings is 1. The maximum absolute atomic E-state index is 12.5. The number of Topliss-reactive ketones (excluding diaryl/α,β-unsaturated/α-hetero) is 1. The normalized spacial score (nSPS) is 19.3. The van der Waals surface area contributed by atoms with Gasteiger partial charge in [-0.1, -0.05) is 0 Å². The van der Waals surface area contributed by atoms with Gasteiger partial charge in [0.15, 0.2) is 17.3 Å². The molecule has 0 spiro atoms. The van der Waals surface area contributed by atoms with Crippen molar-refractivity contribution in [2.45, 2.75) is 20.0 Å². The number of nitrogens with zero attached hydrogens (tertiary/aromatic N) is 1. The summed E-state index contributed by atoms with van der Waals surface area (Å²) in [5.41, 5.74) is 0.599. The van der Waals surface area contributed by atoms with Crippen LogP contribution in [0.25, 0.3) is 0 Å². The third-order valence-electron chi connectivity index (χ3n) is 3.39. The fraction of sp³-hybridized carbons (Fsp3) is 0.562. The molecule has 0 radical (unpaired) electrons. The Morgan fingerprint density at radius 1 is 1.29 bits per heavy atom. The zero-order valence-electron chi connectivity index (χ0n) is 12.9. The van der Waals surface area contributed by atoms with E-state index in [1.807, 2.05) is 20.9 Å². The van der Waals surface area contributed by atoms with Crippen LogP contribution >= 0.6 is 0 Å². The van der Waals surface area contributed by atoms with Crippen LogP contribution in [0.4, 0.5) is 0 Å². The summed E-state index contributed by atoms with van der Waals surface area (Å²) in [4.78, 5) is 14.6. The maximum atomic E-state index is 12.5. The Kier molecular flexibility index (Phi) is 5.59. The van der Waals surface area contributed by atoms with Crippen LogP contribution in [-0.4, -0.2) is 56.7 Å². The highest BCUT2D eigenvalue weighted by Gasteiger charge is 2.26. The number of likely N-dealkylation sites (N-methyl/N-ethyl adjacent to an activating group) is 1. The molecule has 21 heavy (non-hydrogen) atoms. The van der Waals surface area contributed by atoms with Gasteiger partial charge in [-0.3, -0.25) is 4.79 Å². The van der Waals surface area contributed by atoms with Crippen molar-refractivity contribution < 1.29 is 19.0 Å². The van der Waals surface area contributed by atoms with Crippen molar-refractivity contribution in [1.29, 1.82) is 0 Å². The molecule has 2 rings (SSSR count). The summed E-state index contributed by atoms with van der Waals surface area (Å²) in [6, 6.07) is 5.30. The average Bonchev–Trinajstić information content (AvgIpc) is 2.49. The SMILES string of the molecule is CCOc1ccc(C(=O)C2CN(C)CCO2)cc1OCC. The fourth-order valence-corrected chi connectivity index (χ4v) is 2.33. The fourth-order valence-electron chi connectivity index (χ4n) is 2.33. The summed E-state index contributed by atoms with van der Waals surface area (Å²) < 4.78 is 16.7. The van der Waals surface area contributed by atoms with Gasteiger partial charge in [-0.15, -0.1) is 0 Å². The maximum Gasteiger partial charge on any atom is 0.193 e. The smallest absolute Gasteiger partial charge is 0.193 e. The molecule has 5 heteroatoms. The molecule has 116 valence electrons. The molecule has 1 aliphatic rings. The predicted octanol–water partition coefficient (Wildman–Crippen LogP) is 2.00. The molecule has 1 unspecified atom stereocenters. The van der Waals surface area contributed by atoms with Crippen molar-refractivity contribution in [2.75, 3.05) is 40.0 Å². The molecule has 1 heterocycles. The summed E-state index contributed by atoms with van der Waals surface area (Å²) in [5.74, 6) is 1.26. The molecular formula is C16H23NO4. The van der Waals surface area contributed by atoms with E-state index in [1.54, 1.807) is 18.2 Å². The van der Waals surface area contributed by atoms with Crippen molar-refractivity contribution >= 4 is 5.78 Å². The lowest BCUT2D eigenvalue weighted by Crippen LogP contribution is -2.44. The molecule has 5 nitrogen and oxygen atoms in total. The Labute approximate surface area is 125 Å². The van der Waals surface area contributed by atoms with Gasteiger partial charge in [0, 0.05) is 18.7 Å². The van der Waals surface area contributed by atoms with Crippen LogP contribution in [0.1, 0.15) is 24.2 Å². The van der Waals surface area contributed by atoms with Gasteiger partial charge < -0.3 is 19.1 Å². The monoisotopic (exact) mass is 293 g/mol. The quantitative estimate of drug-likeness (QED) is 0.751. The number of rotatable bonds is 6. The topological polar surface area (TPSA) is 48.0 Å². The Balaban J connectivity index is 2.18. The van der Waals surface area contributed by atoms with E-state index >= 15 is 0 Å². The molecule has 0 saturated carbocycles. The lowest BCUT2D eigenvalue weighted by atomic mass is 10.0. The molecule has 0 amide bonds. The van der Waals surface area contributed by atoms with Crippen LogP contribution in [0.15, 0.2) is 18.2 Å². The molecule has 1 aliphatic heterocycles. The van der Waals surface area contributed by atoms with Gasteiger partial charge in [0.2, 0.25) is 0 Å². The average molecular weight is 293 g/mol. The van der Waals surface area contributed by atoms with E-state index in [4.69, 9.17) is 14.2 Å². The molecule has 1 saturated heterocycles. The second-order valence-corrected chi connectivity index (χ2v) is 5.01. The summed E-state index contributed by atoms with van der Waals surface area (Å²) >= 11 is 0. The van der Waals surface area contributed by atoms with Gasteiger partial charge in [0.05, 0.1) is 19.8 Å². The van der Waals surface area contributed by atoms with E-state index in [0.717, 1.165) is 6.54 Å². The highest BCUT2D eigenvalue weighted by Crippen LogP contribution is 2.29. The Hall–Kier alpha value is -1.59. The molecule has 0 aromatic heterocycles. The van der Waals surface area contributed by atoms with Gasteiger partial charge in [0.25, 0.3) is 0 Å². The summed E-state index contributed by atoms with van der Waals surface area (Å²) in [5, 5.41) is 0. The second kappa shape index (κ2) is 7.43. The zero-order chi connectivity index (χ0) is 15.2. The minimum absolute atomic E-state index is 0.00875. The highest BCUT2D eigenvalue weighted by molar-refractivity contribution is 6.00. The lowest BCUT2D eigenvalue weighted by molar-refractivity contribution is -0.00863. The van der Waals surface area contributed by atoms with Crippen molar-refractivity contribution in [3.05, 3.63) is 23.8 Å². The van der Waals surface area contributed by atoms with Crippen molar-refractivity contribution in [1.82, 2.24) is 4.90 Å². The van der Waals surface area contributed by atoms with Crippen LogP contribution < -0.4 is 9.47 Å². The molecule has 1 fully saturated rings. The van der Waals surface area contributed by atoms with E-state index in [2.05, 4.69) is 4.90 Å². The molecule has 0 N–H and O–H groups in total. The van der Waals surface area contributed by atoms with E-state index in [9.17, 15) is 4.79 Å². The van der Waals surface area contributed by atoms with E-state index in [1.165, 1.54) is 0 Å². The van der Waals surface area contributed by atoms with E-state index in [0.29, 0.717) is 43.4 Å². The lowest BCUT2D eigenvalue weighted by Gasteiger charge is -2.29. The number of hydrogen-bond acceptors (Lipinski definition) is 5. The first kappa shape index (κ1) is 15.8. The Morgan fingerprint density at radius 3 is 2.67 bits per heavy atom. The Bertz CT molecular complexity index is 489.